The van der Waals surface area contributed by atoms with E-state index >= 15 is 0 Å². The summed E-state index contributed by atoms with van der Waals surface area (Å²) in [5, 5.41) is 12.4. The van der Waals surface area contributed by atoms with Crippen LogP contribution >= 0.6 is 11.3 Å². The molecule has 0 saturated carbocycles. The van der Waals surface area contributed by atoms with Crippen molar-refractivity contribution in [3.8, 4) is 16.3 Å². The number of fused-ring (bicyclic) bond motifs is 1. The van der Waals surface area contributed by atoms with Gasteiger partial charge in [0.15, 0.2) is 0 Å². The molecule has 0 aliphatic carbocycles. The van der Waals surface area contributed by atoms with E-state index in [4.69, 9.17) is 9.47 Å². The van der Waals surface area contributed by atoms with E-state index in [0.29, 0.717) is 5.00 Å². The van der Waals surface area contributed by atoms with Crippen LogP contribution < -0.4 is 10.1 Å². The van der Waals surface area contributed by atoms with Crippen LogP contribution in [0.3, 0.4) is 0 Å². The standard InChI is InChI=1S/C21H21N5O3S/c1-4-26-17-10-9-14(11-16(17)24-25-26)12-29-21(27)23-19-13(2)22-20(30-19)15-7-5-6-8-18(15)28-3/h5-11H,4,12H2,1-3H3,(H,23,27). The monoisotopic (exact) mass is 423 g/mol. The zero-order valence-corrected chi connectivity index (χ0v) is 17.7. The number of aryl methyl sites for hydroxylation is 2. The Morgan fingerprint density at radius 1 is 1.23 bits per heavy atom. The molecule has 8 nitrogen and oxygen atoms in total. The van der Waals surface area contributed by atoms with E-state index in [1.807, 2.05) is 61.0 Å². The Morgan fingerprint density at radius 2 is 2.07 bits per heavy atom. The first-order chi connectivity index (χ1) is 14.6. The average molecular weight is 423 g/mol. The number of carbonyl (C=O) groups is 1. The number of nitrogens with zero attached hydrogens (tertiary/aromatic N) is 4. The molecule has 4 rings (SSSR count). The Hall–Kier alpha value is -3.46. The van der Waals surface area contributed by atoms with E-state index in [0.717, 1.165) is 45.2 Å². The highest BCUT2D eigenvalue weighted by atomic mass is 32.1. The highest BCUT2D eigenvalue weighted by molar-refractivity contribution is 7.19. The van der Waals surface area contributed by atoms with Crippen LogP contribution in [0.2, 0.25) is 0 Å². The molecule has 1 N–H and O–H groups in total. The molecule has 0 saturated heterocycles. The summed E-state index contributed by atoms with van der Waals surface area (Å²) in [4.78, 5) is 16.9. The van der Waals surface area contributed by atoms with Crippen molar-refractivity contribution in [1.82, 2.24) is 20.0 Å². The maximum atomic E-state index is 12.3. The van der Waals surface area contributed by atoms with Gasteiger partial charge < -0.3 is 9.47 Å². The van der Waals surface area contributed by atoms with Crippen LogP contribution in [0.1, 0.15) is 18.2 Å². The zero-order chi connectivity index (χ0) is 21.1. The molecule has 0 bridgehead atoms. The summed E-state index contributed by atoms with van der Waals surface area (Å²) >= 11 is 1.38. The molecule has 0 aliphatic heterocycles. The van der Waals surface area contributed by atoms with E-state index in [1.165, 1.54) is 11.3 Å². The molecule has 2 aromatic heterocycles. The maximum absolute atomic E-state index is 12.3. The summed E-state index contributed by atoms with van der Waals surface area (Å²) in [6.45, 7) is 4.74. The molecule has 154 valence electrons. The lowest BCUT2D eigenvalue weighted by molar-refractivity contribution is 0.155. The number of hydrogen-bond acceptors (Lipinski definition) is 7. The summed E-state index contributed by atoms with van der Waals surface area (Å²) in [7, 11) is 1.62. The van der Waals surface area contributed by atoms with Crippen molar-refractivity contribution < 1.29 is 14.3 Å². The van der Waals surface area contributed by atoms with Crippen LogP contribution in [-0.4, -0.2) is 33.2 Å². The first-order valence-electron chi connectivity index (χ1n) is 9.45. The summed E-state index contributed by atoms with van der Waals surface area (Å²) in [6, 6.07) is 13.4. The number of methoxy groups -OCH3 is 1. The molecule has 1 amide bonds. The number of benzene rings is 2. The Bertz CT molecular complexity index is 1200. The van der Waals surface area contributed by atoms with Crippen molar-refractivity contribution in [1.29, 1.82) is 0 Å². The maximum Gasteiger partial charge on any atom is 0.412 e. The van der Waals surface area contributed by atoms with Gasteiger partial charge >= 0.3 is 6.09 Å². The molecule has 9 heteroatoms. The normalized spacial score (nSPS) is 10.9. The van der Waals surface area contributed by atoms with Crippen molar-refractivity contribution in [2.45, 2.75) is 27.0 Å². The van der Waals surface area contributed by atoms with Gasteiger partial charge in [0.1, 0.15) is 27.9 Å². The van der Waals surface area contributed by atoms with Gasteiger partial charge in [-0.05, 0) is 43.7 Å². The Labute approximate surface area is 177 Å². The molecular formula is C21H21N5O3S. The summed E-state index contributed by atoms with van der Waals surface area (Å²) in [6.07, 6.45) is -0.536. The van der Waals surface area contributed by atoms with Crippen molar-refractivity contribution in [2.24, 2.45) is 0 Å². The molecule has 0 fully saturated rings. The second kappa shape index (κ2) is 8.50. The lowest BCUT2D eigenvalue weighted by Crippen LogP contribution is -2.13. The second-order valence-electron chi connectivity index (χ2n) is 6.56. The first-order valence-corrected chi connectivity index (χ1v) is 10.3. The number of carbonyl (C=O) groups excluding carboxylic acids is 1. The van der Waals surface area contributed by atoms with Gasteiger partial charge in [0.2, 0.25) is 0 Å². The number of amides is 1. The minimum Gasteiger partial charge on any atom is -0.496 e. The molecule has 0 radical (unpaired) electrons. The van der Waals surface area contributed by atoms with Gasteiger partial charge in [-0.1, -0.05) is 34.7 Å². The fourth-order valence-electron chi connectivity index (χ4n) is 3.07. The molecule has 0 aliphatic rings. The van der Waals surface area contributed by atoms with E-state index in [1.54, 1.807) is 7.11 Å². The van der Waals surface area contributed by atoms with E-state index in [9.17, 15) is 4.79 Å². The third-order valence-electron chi connectivity index (χ3n) is 4.60. The number of thiazole rings is 1. The van der Waals surface area contributed by atoms with E-state index < -0.39 is 6.09 Å². The third kappa shape index (κ3) is 3.97. The summed E-state index contributed by atoms with van der Waals surface area (Å²) in [5.74, 6) is 0.732. The average Bonchev–Trinajstić information content (AvgIpc) is 3.34. The molecule has 2 heterocycles. The van der Waals surface area contributed by atoms with Gasteiger partial charge in [0.05, 0.1) is 23.9 Å². The Kier molecular flexibility index (Phi) is 5.62. The molecule has 4 aromatic rings. The van der Waals surface area contributed by atoms with Crippen LogP contribution in [0, 0.1) is 6.92 Å². The van der Waals surface area contributed by atoms with Crippen LogP contribution in [0.15, 0.2) is 42.5 Å². The fraction of sp³-hybridized carbons (Fsp3) is 0.238. The van der Waals surface area contributed by atoms with Crippen molar-refractivity contribution in [3.63, 3.8) is 0 Å². The van der Waals surface area contributed by atoms with Gasteiger partial charge in [-0.25, -0.2) is 14.5 Å². The van der Waals surface area contributed by atoms with Crippen molar-refractivity contribution >= 4 is 33.5 Å². The van der Waals surface area contributed by atoms with Crippen LogP contribution in [-0.2, 0) is 17.9 Å². The van der Waals surface area contributed by atoms with Crippen LogP contribution in [0.5, 0.6) is 5.75 Å². The van der Waals surface area contributed by atoms with Crippen molar-refractivity contribution in [2.75, 3.05) is 12.4 Å². The highest BCUT2D eigenvalue weighted by Gasteiger charge is 2.15. The topological polar surface area (TPSA) is 91.2 Å². The number of hydrogen-bond donors (Lipinski definition) is 1. The lowest BCUT2D eigenvalue weighted by Gasteiger charge is -2.06. The number of nitrogens with one attached hydrogen (secondary N) is 1. The second-order valence-corrected chi connectivity index (χ2v) is 7.56. The minimum absolute atomic E-state index is 0.137. The predicted octanol–water partition coefficient (Wildman–Crippen LogP) is 4.64. The highest BCUT2D eigenvalue weighted by Crippen LogP contribution is 2.36. The Balaban J connectivity index is 1.42. The molecule has 30 heavy (non-hydrogen) atoms. The van der Waals surface area contributed by atoms with E-state index in [2.05, 4.69) is 20.6 Å². The summed E-state index contributed by atoms with van der Waals surface area (Å²) in [5.41, 5.74) is 4.17. The smallest absolute Gasteiger partial charge is 0.412 e. The Morgan fingerprint density at radius 3 is 2.87 bits per heavy atom. The van der Waals surface area contributed by atoms with Gasteiger partial charge in [-0.3, -0.25) is 5.32 Å². The van der Waals surface area contributed by atoms with Gasteiger partial charge in [-0.15, -0.1) is 5.10 Å². The SMILES string of the molecule is CCn1nnc2cc(COC(=O)Nc3sc(-c4ccccc4OC)nc3C)ccc21. The largest absolute Gasteiger partial charge is 0.496 e. The number of aromatic nitrogens is 4. The van der Waals surface area contributed by atoms with Gasteiger partial charge in [0, 0.05) is 6.54 Å². The molecule has 2 aromatic carbocycles. The fourth-order valence-corrected chi connectivity index (χ4v) is 4.05. The molecule has 0 unspecified atom stereocenters. The third-order valence-corrected chi connectivity index (χ3v) is 5.70. The number of para-hydroxylation sites is 1. The first kappa shape index (κ1) is 19.8. The lowest BCUT2D eigenvalue weighted by atomic mass is 10.2. The predicted molar refractivity (Wildman–Crippen MR) is 116 cm³/mol. The molecule has 0 spiro atoms. The zero-order valence-electron chi connectivity index (χ0n) is 16.9. The number of rotatable bonds is 6. The van der Waals surface area contributed by atoms with Gasteiger partial charge in [0.25, 0.3) is 0 Å². The van der Waals surface area contributed by atoms with Crippen molar-refractivity contribution in [3.05, 3.63) is 53.7 Å². The van der Waals surface area contributed by atoms with Gasteiger partial charge in [-0.2, -0.15) is 0 Å². The van der Waals surface area contributed by atoms with E-state index in [-0.39, 0.29) is 6.61 Å². The van der Waals surface area contributed by atoms with Crippen LogP contribution in [0.25, 0.3) is 21.6 Å². The van der Waals surface area contributed by atoms with Crippen LogP contribution in [0.4, 0.5) is 9.80 Å². The number of ether oxygens (including phenoxy) is 2. The number of anilines is 1. The minimum atomic E-state index is -0.536. The summed E-state index contributed by atoms with van der Waals surface area (Å²) < 4.78 is 12.6. The molecule has 0 atom stereocenters. The molecular weight excluding hydrogens is 402 g/mol. The quantitative estimate of drug-likeness (QED) is 0.486.